The number of H-pyrrole nitrogens is 1. The van der Waals surface area contributed by atoms with Crippen LogP contribution in [0, 0.1) is 0 Å². The van der Waals surface area contributed by atoms with Crippen molar-refractivity contribution in [3.05, 3.63) is 36.0 Å². The highest BCUT2D eigenvalue weighted by molar-refractivity contribution is 5.96. The van der Waals surface area contributed by atoms with Gasteiger partial charge >= 0.3 is 5.97 Å². The summed E-state index contributed by atoms with van der Waals surface area (Å²) in [5.74, 6) is -6.06. The van der Waals surface area contributed by atoms with E-state index in [1.54, 1.807) is 6.20 Å². The fraction of sp³-hybridized carbons (Fsp3) is 0.364. The Balaban J connectivity index is 2.00. The Morgan fingerprint density at radius 3 is 2.08 bits per heavy atom. The first-order valence-electron chi connectivity index (χ1n) is 10.9. The molecule has 0 radical (unpaired) electrons. The number of rotatable bonds is 13. The maximum absolute atomic E-state index is 12.6. The maximum atomic E-state index is 12.6. The Bertz CT molecular complexity index is 1160. The van der Waals surface area contributed by atoms with Gasteiger partial charge in [0.2, 0.25) is 29.5 Å². The second-order valence-corrected chi connectivity index (χ2v) is 8.20. The summed E-state index contributed by atoms with van der Waals surface area (Å²) in [4.78, 5) is 74.4. The zero-order chi connectivity index (χ0) is 27.0. The van der Waals surface area contributed by atoms with E-state index in [0.717, 1.165) is 16.5 Å². The van der Waals surface area contributed by atoms with E-state index >= 15 is 0 Å². The largest absolute Gasteiger partial charge is 0.480 e. The molecule has 0 aliphatic carbocycles. The smallest absolute Gasteiger partial charge is 0.326 e. The molecule has 4 unspecified atom stereocenters. The van der Waals surface area contributed by atoms with E-state index in [9.17, 15) is 28.8 Å². The molecule has 0 spiro atoms. The summed E-state index contributed by atoms with van der Waals surface area (Å²) < 4.78 is 0. The highest BCUT2D eigenvalue weighted by atomic mass is 16.4. The van der Waals surface area contributed by atoms with Crippen molar-refractivity contribution in [2.24, 2.45) is 17.2 Å². The molecular weight excluding hydrogens is 474 g/mol. The van der Waals surface area contributed by atoms with Gasteiger partial charge in [-0.25, -0.2) is 4.79 Å². The van der Waals surface area contributed by atoms with E-state index in [0.29, 0.717) is 0 Å². The molecule has 1 heterocycles. The number of carboxylic acid groups (broad SMARTS) is 1. The monoisotopic (exact) mass is 503 g/mol. The molecule has 14 heteroatoms. The molecular formula is C22H29N7O7. The number of carbonyl (C=O) groups excluding carboxylic acids is 5. The molecule has 0 fully saturated rings. The van der Waals surface area contributed by atoms with Gasteiger partial charge in [-0.3, -0.25) is 24.0 Å². The fourth-order valence-electron chi connectivity index (χ4n) is 3.40. The van der Waals surface area contributed by atoms with E-state index in [1.807, 2.05) is 29.6 Å². The van der Waals surface area contributed by atoms with Crippen LogP contribution in [0.5, 0.6) is 0 Å². The molecule has 1 aromatic heterocycles. The minimum Gasteiger partial charge on any atom is -0.480 e. The van der Waals surface area contributed by atoms with Crippen molar-refractivity contribution in [3.8, 4) is 0 Å². The van der Waals surface area contributed by atoms with Gasteiger partial charge in [-0.15, -0.1) is 0 Å². The number of para-hydroxylation sites is 1. The van der Waals surface area contributed by atoms with Crippen LogP contribution >= 0.6 is 0 Å². The second-order valence-electron chi connectivity index (χ2n) is 8.20. The summed E-state index contributed by atoms with van der Waals surface area (Å²) in [6.45, 7) is 1.33. The number of nitrogens with two attached hydrogens (primary N) is 3. The van der Waals surface area contributed by atoms with Gasteiger partial charge in [-0.2, -0.15) is 0 Å². The van der Waals surface area contributed by atoms with Crippen molar-refractivity contribution < 1.29 is 33.9 Å². The summed E-state index contributed by atoms with van der Waals surface area (Å²) in [5, 5.41) is 16.7. The maximum Gasteiger partial charge on any atom is 0.326 e. The quantitative estimate of drug-likeness (QED) is 0.143. The molecule has 11 N–H and O–H groups in total. The lowest BCUT2D eigenvalue weighted by Crippen LogP contribution is -2.57. The zero-order valence-electron chi connectivity index (χ0n) is 19.4. The summed E-state index contributed by atoms with van der Waals surface area (Å²) in [6, 6.07) is 2.06. The number of hydrogen-bond acceptors (Lipinski definition) is 7. The van der Waals surface area contributed by atoms with Gasteiger partial charge in [0, 0.05) is 17.1 Å². The number of aromatic amines is 1. The predicted octanol–water partition coefficient (Wildman–Crippen LogP) is -2.65. The lowest BCUT2D eigenvalue weighted by Gasteiger charge is -2.23. The number of carbonyl (C=O) groups is 6. The predicted molar refractivity (Wildman–Crippen MR) is 127 cm³/mol. The number of aromatic nitrogens is 1. The molecule has 194 valence electrons. The van der Waals surface area contributed by atoms with E-state index < -0.39 is 72.5 Å². The third kappa shape index (κ3) is 7.80. The standard InChI is InChI=1S/C22H29N7O7/c1-10(27-20(33)13(23)6-11-9-26-14-5-3-2-4-12(11)14)19(32)28-15(7-17(24)30)21(34)29-16(22(35)36)8-18(25)31/h2-5,9-10,13,15-16,26H,6-8,23H2,1H3,(H2,24,30)(H2,25,31)(H,27,33)(H,28,32)(H,29,34)(H,35,36). The van der Waals surface area contributed by atoms with Crippen molar-refractivity contribution in [2.75, 3.05) is 0 Å². The van der Waals surface area contributed by atoms with Crippen molar-refractivity contribution in [1.29, 1.82) is 0 Å². The molecule has 0 aliphatic heterocycles. The minimum atomic E-state index is -1.68. The Labute approximate surface area is 205 Å². The first-order valence-corrected chi connectivity index (χ1v) is 10.9. The highest BCUT2D eigenvalue weighted by Gasteiger charge is 2.30. The van der Waals surface area contributed by atoms with Crippen molar-refractivity contribution >= 4 is 46.4 Å². The SMILES string of the molecule is CC(NC(=O)C(N)Cc1c[nH]c2ccccc12)C(=O)NC(CC(N)=O)C(=O)NC(CC(N)=O)C(=O)O. The van der Waals surface area contributed by atoms with Gasteiger partial charge in [-0.05, 0) is 25.0 Å². The van der Waals surface area contributed by atoms with Gasteiger partial charge in [0.05, 0.1) is 18.9 Å². The number of fused-ring (bicyclic) bond motifs is 1. The molecule has 5 amide bonds. The Kier molecular flexibility index (Phi) is 9.50. The lowest BCUT2D eigenvalue weighted by molar-refractivity contribution is -0.144. The number of amides is 5. The number of aliphatic carboxylic acids is 1. The topological polar surface area (TPSA) is 253 Å². The first-order chi connectivity index (χ1) is 16.9. The van der Waals surface area contributed by atoms with E-state index in [-0.39, 0.29) is 6.42 Å². The summed E-state index contributed by atoms with van der Waals surface area (Å²) in [6.07, 6.45) is 0.553. The highest BCUT2D eigenvalue weighted by Crippen LogP contribution is 2.18. The van der Waals surface area contributed by atoms with Gasteiger partial charge in [0.25, 0.3) is 0 Å². The lowest BCUT2D eigenvalue weighted by atomic mass is 10.0. The minimum absolute atomic E-state index is 0.188. The molecule has 0 saturated carbocycles. The van der Waals surface area contributed by atoms with Crippen LogP contribution in [0.3, 0.4) is 0 Å². The van der Waals surface area contributed by atoms with E-state index in [4.69, 9.17) is 22.3 Å². The normalized spacial score (nSPS) is 14.2. The Morgan fingerprint density at radius 2 is 1.47 bits per heavy atom. The Morgan fingerprint density at radius 1 is 0.889 bits per heavy atom. The second kappa shape index (κ2) is 12.3. The molecule has 1 aromatic carbocycles. The number of primary amides is 2. The van der Waals surface area contributed by atoms with Crippen LogP contribution < -0.4 is 33.2 Å². The average molecular weight is 504 g/mol. The van der Waals surface area contributed by atoms with Crippen LogP contribution in [-0.2, 0) is 35.2 Å². The summed E-state index contributed by atoms with van der Waals surface area (Å²) in [5.41, 5.74) is 17.8. The zero-order valence-corrected chi connectivity index (χ0v) is 19.4. The number of benzene rings is 1. The first kappa shape index (κ1) is 27.8. The number of carboxylic acids is 1. The number of hydrogen-bond donors (Lipinski definition) is 8. The molecule has 2 rings (SSSR count). The fourth-order valence-corrected chi connectivity index (χ4v) is 3.40. The third-order valence-corrected chi connectivity index (χ3v) is 5.26. The Hall–Kier alpha value is -4.46. The van der Waals surface area contributed by atoms with Gasteiger partial charge < -0.3 is 43.2 Å². The summed E-state index contributed by atoms with van der Waals surface area (Å²) in [7, 11) is 0. The molecule has 0 aliphatic rings. The molecule has 0 saturated heterocycles. The molecule has 14 nitrogen and oxygen atoms in total. The van der Waals surface area contributed by atoms with Gasteiger partial charge in [-0.1, -0.05) is 18.2 Å². The van der Waals surface area contributed by atoms with Crippen LogP contribution in [0.4, 0.5) is 0 Å². The van der Waals surface area contributed by atoms with Gasteiger partial charge in [0.15, 0.2) is 0 Å². The van der Waals surface area contributed by atoms with Crippen LogP contribution in [0.15, 0.2) is 30.5 Å². The van der Waals surface area contributed by atoms with Crippen LogP contribution in [0.25, 0.3) is 10.9 Å². The third-order valence-electron chi connectivity index (χ3n) is 5.26. The molecule has 2 aromatic rings. The van der Waals surface area contributed by atoms with Crippen molar-refractivity contribution in [3.63, 3.8) is 0 Å². The average Bonchev–Trinajstić information content (AvgIpc) is 3.20. The van der Waals surface area contributed by atoms with Gasteiger partial charge in [0.1, 0.15) is 18.1 Å². The van der Waals surface area contributed by atoms with Crippen LogP contribution in [0.1, 0.15) is 25.3 Å². The van der Waals surface area contributed by atoms with E-state index in [1.165, 1.54) is 6.92 Å². The molecule has 0 bridgehead atoms. The molecule has 4 atom stereocenters. The van der Waals surface area contributed by atoms with Crippen molar-refractivity contribution in [2.45, 2.75) is 50.4 Å². The van der Waals surface area contributed by atoms with E-state index in [2.05, 4.69) is 15.6 Å². The van der Waals surface area contributed by atoms with Crippen LogP contribution in [-0.4, -0.2) is 69.8 Å². The van der Waals surface area contributed by atoms with Crippen LogP contribution in [0.2, 0.25) is 0 Å². The molecule has 36 heavy (non-hydrogen) atoms. The summed E-state index contributed by atoms with van der Waals surface area (Å²) >= 11 is 0. The van der Waals surface area contributed by atoms with Crippen molar-refractivity contribution in [1.82, 2.24) is 20.9 Å². The number of nitrogens with one attached hydrogen (secondary N) is 4.